The van der Waals surface area contributed by atoms with Crippen LogP contribution >= 0.6 is 0 Å². The van der Waals surface area contributed by atoms with E-state index in [1.165, 1.54) is 11.0 Å². The molecule has 9 nitrogen and oxygen atoms in total. The number of aliphatic hydroxyl groups is 4. The topological polar surface area (TPSA) is 156 Å². The maximum Gasteiger partial charge on any atom is 0.202 e. The molecular formula is C31H39NO8. The van der Waals surface area contributed by atoms with Gasteiger partial charge in [-0.05, 0) is 49.9 Å². The van der Waals surface area contributed by atoms with Gasteiger partial charge in [-0.2, -0.15) is 0 Å². The lowest BCUT2D eigenvalue weighted by molar-refractivity contribution is -0.169. The normalized spacial score (nSPS) is 33.5. The van der Waals surface area contributed by atoms with Crippen LogP contribution in [0.15, 0.2) is 35.1 Å². The minimum absolute atomic E-state index is 0.00112. The lowest BCUT2D eigenvalue weighted by atomic mass is 9.54. The molecule has 4 aliphatic carbocycles. The molecule has 216 valence electrons. The predicted octanol–water partition coefficient (Wildman–Crippen LogP) is 3.33. The number of nitrogens with zero attached hydrogens (tertiary/aromatic N) is 1. The van der Waals surface area contributed by atoms with Crippen LogP contribution in [0, 0.1) is 17.3 Å². The zero-order chi connectivity index (χ0) is 29.3. The molecule has 5 N–H and O–H groups in total. The van der Waals surface area contributed by atoms with Gasteiger partial charge in [0.05, 0.1) is 23.6 Å². The summed E-state index contributed by atoms with van der Waals surface area (Å²) >= 11 is 0. The quantitative estimate of drug-likeness (QED) is 0.345. The summed E-state index contributed by atoms with van der Waals surface area (Å²) in [5, 5.41) is 57.1. The van der Waals surface area contributed by atoms with E-state index in [-0.39, 0.29) is 28.7 Å². The van der Waals surface area contributed by atoms with Crippen molar-refractivity contribution in [2.75, 3.05) is 14.1 Å². The van der Waals surface area contributed by atoms with Gasteiger partial charge in [0.15, 0.2) is 17.2 Å². The largest absolute Gasteiger partial charge is 0.508 e. The van der Waals surface area contributed by atoms with Gasteiger partial charge in [0.2, 0.25) is 5.78 Å². The molecule has 40 heavy (non-hydrogen) atoms. The number of hydrogen-bond donors (Lipinski definition) is 5. The van der Waals surface area contributed by atoms with Gasteiger partial charge < -0.3 is 25.5 Å². The number of phenolic OH excluding ortho intramolecular Hbond substituents is 1. The van der Waals surface area contributed by atoms with Crippen molar-refractivity contribution >= 4 is 23.1 Å². The highest BCUT2D eigenvalue weighted by molar-refractivity contribution is 6.25. The number of carbonyl (C=O) groups is 3. The average Bonchev–Trinajstić information content (AvgIpc) is 2.91. The molecule has 0 heterocycles. The number of ketones is 3. The van der Waals surface area contributed by atoms with E-state index in [1.807, 2.05) is 6.92 Å². The SMILES string of the molecule is CCC1(CC(=O)C2=C(O)C3(O)C(=O)C4=C(O)c5c(O)cccc5C(C)C4C(O)C3C(N(C)C)C2=O)CCCCC1. The van der Waals surface area contributed by atoms with Gasteiger partial charge in [-0.3, -0.25) is 19.3 Å². The van der Waals surface area contributed by atoms with Gasteiger partial charge >= 0.3 is 0 Å². The molecule has 9 heteroatoms. The number of Topliss-reactive ketones (excluding diaryl/α,β-unsaturated/α-hetero) is 3. The molecule has 0 spiro atoms. The maximum absolute atomic E-state index is 14.2. The van der Waals surface area contributed by atoms with Crippen molar-refractivity contribution in [2.45, 2.75) is 82.5 Å². The highest BCUT2D eigenvalue weighted by Crippen LogP contribution is 2.56. The van der Waals surface area contributed by atoms with Crippen LogP contribution in [-0.2, 0) is 14.4 Å². The van der Waals surface area contributed by atoms with Gasteiger partial charge in [-0.15, -0.1) is 0 Å². The molecule has 1 aromatic rings. The van der Waals surface area contributed by atoms with Crippen molar-refractivity contribution in [3.8, 4) is 5.75 Å². The van der Waals surface area contributed by atoms with Crippen molar-refractivity contribution in [2.24, 2.45) is 17.3 Å². The highest BCUT2D eigenvalue weighted by atomic mass is 16.4. The Labute approximate surface area is 233 Å². The summed E-state index contributed by atoms with van der Waals surface area (Å²) in [5.41, 5.74) is -3.60. The average molecular weight is 554 g/mol. The number of hydrogen-bond acceptors (Lipinski definition) is 9. The van der Waals surface area contributed by atoms with E-state index >= 15 is 0 Å². The van der Waals surface area contributed by atoms with Gasteiger partial charge in [0.25, 0.3) is 0 Å². The van der Waals surface area contributed by atoms with Gasteiger partial charge in [-0.25, -0.2) is 0 Å². The summed E-state index contributed by atoms with van der Waals surface area (Å²) < 4.78 is 0. The van der Waals surface area contributed by atoms with Crippen molar-refractivity contribution in [1.29, 1.82) is 0 Å². The van der Waals surface area contributed by atoms with Crippen LogP contribution in [0.4, 0.5) is 0 Å². The van der Waals surface area contributed by atoms with Gasteiger partial charge in [-0.1, -0.05) is 51.7 Å². The maximum atomic E-state index is 14.2. The Morgan fingerprint density at radius 1 is 1.07 bits per heavy atom. The summed E-state index contributed by atoms with van der Waals surface area (Å²) in [6.07, 6.45) is 3.76. The van der Waals surface area contributed by atoms with Crippen LogP contribution in [0.1, 0.15) is 75.8 Å². The molecule has 4 aliphatic rings. The van der Waals surface area contributed by atoms with E-state index < -0.39 is 69.9 Å². The first-order chi connectivity index (χ1) is 18.8. The lowest BCUT2D eigenvalue weighted by Crippen LogP contribution is -2.70. The number of aromatic hydroxyl groups is 1. The number of likely N-dealkylation sites (N-methyl/N-ethyl adjacent to an activating group) is 1. The van der Waals surface area contributed by atoms with Gasteiger partial charge in [0, 0.05) is 17.9 Å². The third-order valence-electron chi connectivity index (χ3n) is 10.2. The second kappa shape index (κ2) is 9.82. The molecule has 0 amide bonds. The smallest absolute Gasteiger partial charge is 0.202 e. The number of aliphatic hydroxyl groups excluding tert-OH is 3. The van der Waals surface area contributed by atoms with E-state index in [1.54, 1.807) is 33.2 Å². The van der Waals surface area contributed by atoms with E-state index in [0.29, 0.717) is 12.0 Å². The van der Waals surface area contributed by atoms with E-state index in [4.69, 9.17) is 0 Å². The molecule has 0 bridgehead atoms. The van der Waals surface area contributed by atoms with Crippen molar-refractivity contribution in [3.05, 3.63) is 46.2 Å². The molecule has 0 aliphatic heterocycles. The number of phenols is 1. The second-order valence-electron chi connectivity index (χ2n) is 12.4. The standard InChI is InChI=1S/C31H39NO8/c1-5-30(12-7-6-8-13-30)14-18(34)21-27(37)24(32(3)4)23-26(36)19-15(2)16-10-9-11-17(33)20(16)25(35)22(19)29(39)31(23,40)28(21)38/h9-11,15,19,23-24,26,33,35-36,38,40H,5-8,12-14H2,1-4H3. The molecule has 0 aromatic heterocycles. The molecule has 1 aromatic carbocycles. The Balaban J connectivity index is 1.70. The Bertz CT molecular complexity index is 1340. The minimum Gasteiger partial charge on any atom is -0.508 e. The second-order valence-corrected chi connectivity index (χ2v) is 12.4. The first kappa shape index (κ1) is 28.5. The summed E-state index contributed by atoms with van der Waals surface area (Å²) in [4.78, 5) is 43.4. The Morgan fingerprint density at radius 2 is 1.73 bits per heavy atom. The Hall–Kier alpha value is -3.01. The van der Waals surface area contributed by atoms with E-state index in [2.05, 4.69) is 0 Å². The summed E-state index contributed by atoms with van der Waals surface area (Å²) in [6.45, 7) is 3.72. The molecule has 6 unspecified atom stereocenters. The van der Waals surface area contributed by atoms with Crippen LogP contribution in [0.5, 0.6) is 5.75 Å². The molecule has 0 saturated heterocycles. The molecule has 2 fully saturated rings. The zero-order valence-corrected chi connectivity index (χ0v) is 23.5. The van der Waals surface area contributed by atoms with Crippen molar-refractivity contribution in [3.63, 3.8) is 0 Å². The molecule has 2 saturated carbocycles. The predicted molar refractivity (Wildman–Crippen MR) is 147 cm³/mol. The fraction of sp³-hybridized carbons (Fsp3) is 0.581. The van der Waals surface area contributed by atoms with Crippen LogP contribution in [0.3, 0.4) is 0 Å². The van der Waals surface area contributed by atoms with Crippen molar-refractivity contribution in [1.82, 2.24) is 4.90 Å². The molecular weight excluding hydrogens is 514 g/mol. The first-order valence-electron chi connectivity index (χ1n) is 14.2. The molecule has 6 atom stereocenters. The third kappa shape index (κ3) is 3.81. The van der Waals surface area contributed by atoms with Crippen LogP contribution in [0.2, 0.25) is 0 Å². The minimum atomic E-state index is -2.83. The zero-order valence-electron chi connectivity index (χ0n) is 23.5. The summed E-state index contributed by atoms with van der Waals surface area (Å²) in [7, 11) is 3.11. The summed E-state index contributed by atoms with van der Waals surface area (Å²) in [5.74, 6) is -7.52. The molecule has 0 radical (unpaired) electrons. The highest BCUT2D eigenvalue weighted by Gasteiger charge is 2.68. The summed E-state index contributed by atoms with van der Waals surface area (Å²) in [6, 6.07) is 3.33. The monoisotopic (exact) mass is 553 g/mol. The van der Waals surface area contributed by atoms with E-state index in [9.17, 15) is 39.9 Å². The lowest BCUT2D eigenvalue weighted by Gasteiger charge is -2.54. The van der Waals surface area contributed by atoms with Gasteiger partial charge in [0.1, 0.15) is 22.8 Å². The van der Waals surface area contributed by atoms with Crippen LogP contribution < -0.4 is 0 Å². The fourth-order valence-electron chi connectivity index (χ4n) is 7.99. The van der Waals surface area contributed by atoms with E-state index in [0.717, 1.165) is 32.1 Å². The first-order valence-corrected chi connectivity index (χ1v) is 14.2. The van der Waals surface area contributed by atoms with Crippen LogP contribution in [-0.4, -0.2) is 79.6 Å². The number of carbonyl (C=O) groups excluding carboxylic acids is 3. The Kier molecular flexibility index (Phi) is 7.00. The molecule has 5 rings (SSSR count). The number of benzene rings is 1. The van der Waals surface area contributed by atoms with Crippen LogP contribution in [0.25, 0.3) is 5.76 Å². The number of rotatable bonds is 5. The number of fused-ring (bicyclic) bond motifs is 3. The third-order valence-corrected chi connectivity index (χ3v) is 10.2. The Morgan fingerprint density at radius 3 is 2.33 bits per heavy atom. The van der Waals surface area contributed by atoms with Crippen molar-refractivity contribution < 1.29 is 39.9 Å². The fourth-order valence-corrected chi connectivity index (χ4v) is 7.99.